The largest absolute Gasteiger partial charge is 0.501 e. The number of rotatable bonds is 25. The summed E-state index contributed by atoms with van der Waals surface area (Å²) < 4.78 is 127. The molecule has 12 rings (SSSR count). The van der Waals surface area contributed by atoms with Gasteiger partial charge >= 0.3 is 5.51 Å². The monoisotopic (exact) mass is 1310 g/mol. The van der Waals surface area contributed by atoms with Crippen LogP contribution in [0.4, 0.5) is 39.0 Å². The van der Waals surface area contributed by atoms with Crippen LogP contribution in [0.25, 0.3) is 0 Å². The second-order valence-corrected chi connectivity index (χ2v) is 31.1. The molecule has 4 aliphatic heterocycles. The normalized spacial score (nSPS) is 23.7. The van der Waals surface area contributed by atoms with E-state index in [1.165, 1.54) is 35.0 Å². The fourth-order valence-electron chi connectivity index (χ4n) is 14.4. The molecule has 3 saturated heterocycles. The number of sulfone groups is 1. The summed E-state index contributed by atoms with van der Waals surface area (Å²) in [6.45, 7) is 13.7. The Balaban J connectivity index is 0.665. The molecule has 4 heterocycles. The van der Waals surface area contributed by atoms with Gasteiger partial charge in [-0.3, -0.25) is 29.4 Å². The van der Waals surface area contributed by atoms with Gasteiger partial charge in [-0.25, -0.2) is 30.3 Å². The number of piperazine rings is 2. The lowest BCUT2D eigenvalue weighted by Crippen LogP contribution is -2.66. The molecule has 8 aliphatic rings. The van der Waals surface area contributed by atoms with Crippen LogP contribution in [0.3, 0.4) is 0 Å². The van der Waals surface area contributed by atoms with Crippen molar-refractivity contribution in [3.63, 3.8) is 0 Å². The number of imide groups is 1. The molecular formula is C65H80F5N9O8S3. The number of allylic oxidation sites excluding steroid dienone is 1. The number of fused-ring (bicyclic) bond motifs is 1. The van der Waals surface area contributed by atoms with Crippen molar-refractivity contribution in [3.05, 3.63) is 119 Å². The number of hydrogen-bond donors (Lipinski definition) is 4. The van der Waals surface area contributed by atoms with Gasteiger partial charge in [0.25, 0.3) is 31.7 Å². The Kier molecular flexibility index (Phi) is 19.2. The van der Waals surface area contributed by atoms with Crippen molar-refractivity contribution in [2.45, 2.75) is 136 Å². The summed E-state index contributed by atoms with van der Waals surface area (Å²) in [5, 5.41) is 8.87. The van der Waals surface area contributed by atoms with Gasteiger partial charge in [0.05, 0.1) is 10.6 Å². The smallest absolute Gasteiger partial charge is 0.385 e. The lowest BCUT2D eigenvalue weighted by Gasteiger charge is -2.72. The third kappa shape index (κ3) is 14.2. The van der Waals surface area contributed by atoms with Crippen LogP contribution in [-0.4, -0.2) is 168 Å². The van der Waals surface area contributed by atoms with Crippen molar-refractivity contribution < 1.29 is 58.0 Å². The highest BCUT2D eigenvalue weighted by Crippen LogP contribution is 2.79. The standard InChI is InChI=1S/C65H80F5N9O8S3/c1-62(2)24-22-45(52(37-62)63-41-64(42-63,43-63)61(66)67)38-77-32-34-78(35-33-77)47-16-14-44(15-17-47)58(81)74-90(86,87)49-18-19-54(56(36-49)89(84,85)65(68,69)70)72-46(40-88-48-10-5-3-6-11-48)23-27-76-30-28-75(29-31-76)26-8-4-7-25-71-53-13-9-12-50-51(53)39-79(60(50)83)55-20-21-57(80)73-59(55)82/h3,5-6,9-19,36,46,55,61,71-72H,4,7-8,20-35,37-43H2,1-2H3,(H,74,81)(H,73,80,82)/t46-,55?,63?,64?/m1/s1. The molecule has 4 amide bonds. The van der Waals surface area contributed by atoms with Gasteiger partial charge in [-0.2, -0.15) is 13.2 Å². The van der Waals surface area contributed by atoms with Gasteiger partial charge in [0.2, 0.25) is 18.2 Å². The molecule has 4 aromatic carbocycles. The zero-order valence-corrected chi connectivity index (χ0v) is 53.3. The Hall–Kier alpha value is -6.12. The van der Waals surface area contributed by atoms with E-state index in [9.17, 15) is 58.0 Å². The molecule has 3 saturated carbocycles. The number of thioether (sulfide) groups is 1. The predicted octanol–water partition coefficient (Wildman–Crippen LogP) is 9.79. The number of carbonyl (C=O) groups is 4. The molecule has 0 aromatic heterocycles. The van der Waals surface area contributed by atoms with Crippen molar-refractivity contribution >= 4 is 72.3 Å². The number of hydrogen-bond acceptors (Lipinski definition) is 15. The molecule has 25 heteroatoms. The number of benzene rings is 4. The maximum atomic E-state index is 14.5. The Labute approximate surface area is 528 Å². The minimum Gasteiger partial charge on any atom is -0.385 e. The van der Waals surface area contributed by atoms with E-state index in [2.05, 4.69) is 49.4 Å². The minimum atomic E-state index is -6.14. The van der Waals surface area contributed by atoms with Crippen LogP contribution in [0.15, 0.2) is 117 Å². The topological polar surface area (TPSA) is 201 Å². The number of nitrogens with zero attached hydrogens (tertiary/aromatic N) is 5. The van der Waals surface area contributed by atoms with Crippen LogP contribution in [0.2, 0.25) is 0 Å². The van der Waals surface area contributed by atoms with E-state index in [0.717, 1.165) is 125 Å². The lowest BCUT2D eigenvalue weighted by molar-refractivity contribution is -0.250. The third-order valence-corrected chi connectivity index (χ3v) is 23.6. The number of amides is 4. The summed E-state index contributed by atoms with van der Waals surface area (Å²) in [4.78, 5) is 60.6. The van der Waals surface area contributed by atoms with Crippen molar-refractivity contribution in [2.75, 3.05) is 99.8 Å². The van der Waals surface area contributed by atoms with Gasteiger partial charge in [-0.05, 0) is 148 Å². The first-order valence-electron chi connectivity index (χ1n) is 31.3. The maximum Gasteiger partial charge on any atom is 0.501 e. The van der Waals surface area contributed by atoms with E-state index < -0.39 is 76.6 Å². The average molecular weight is 1310 g/mol. The number of piperidine rings is 1. The van der Waals surface area contributed by atoms with E-state index >= 15 is 0 Å². The Bertz CT molecular complexity index is 3580. The van der Waals surface area contributed by atoms with Crippen LogP contribution in [0, 0.1) is 16.2 Å². The highest BCUT2D eigenvalue weighted by Gasteiger charge is 2.73. The highest BCUT2D eigenvalue weighted by atomic mass is 32.2. The molecule has 1 unspecified atom stereocenters. The molecule has 2 atom stereocenters. The fourth-order valence-corrected chi connectivity index (χ4v) is 17.5. The van der Waals surface area contributed by atoms with Crippen molar-refractivity contribution in [2.24, 2.45) is 16.2 Å². The number of nitrogens with one attached hydrogen (secondary N) is 4. The summed E-state index contributed by atoms with van der Waals surface area (Å²) in [6, 6.07) is 22.3. The quantitative estimate of drug-likeness (QED) is 0.0161. The summed E-state index contributed by atoms with van der Waals surface area (Å²) in [5.74, 6) is -1.73. The SMILES string of the molecule is CC1(C)CCC(CN2CCN(c3ccc(C(=O)NS(=O)(=O)c4ccc(N[C@H](CCN5CCN(CCCCCNc6cccc7c6CN(C6CCC(=O)NC6=O)C7=O)CC5)CSc5ccccc5)c(S(=O)(=O)C(F)(F)F)c4)cc3)CC2)=C(C23CC(C(F)F)(C2)C3)C1. The van der Waals surface area contributed by atoms with E-state index in [-0.39, 0.29) is 34.6 Å². The molecule has 4 aromatic rings. The number of carbonyl (C=O) groups excluding carboxylic acids is 4. The van der Waals surface area contributed by atoms with Gasteiger partial charge in [0.15, 0.2) is 0 Å². The molecule has 0 radical (unpaired) electrons. The Morgan fingerprint density at radius 2 is 1.47 bits per heavy atom. The number of unbranched alkanes of at least 4 members (excludes halogenated alkanes) is 2. The molecule has 4 aliphatic carbocycles. The first kappa shape index (κ1) is 65.4. The van der Waals surface area contributed by atoms with Crippen molar-refractivity contribution in [1.29, 1.82) is 0 Å². The zero-order valence-electron chi connectivity index (χ0n) is 50.9. The third-order valence-electron chi connectivity index (χ3n) is 19.6. The maximum absolute atomic E-state index is 14.5. The fraction of sp³-hybridized carbons (Fsp3) is 0.538. The zero-order chi connectivity index (χ0) is 63.8. The number of halogens is 5. The van der Waals surface area contributed by atoms with Crippen molar-refractivity contribution in [3.8, 4) is 0 Å². The molecule has 6 fully saturated rings. The van der Waals surface area contributed by atoms with Gasteiger partial charge < -0.3 is 30.2 Å². The van der Waals surface area contributed by atoms with Gasteiger partial charge in [0, 0.05) is 135 Å². The first-order valence-corrected chi connectivity index (χ1v) is 35.3. The summed E-state index contributed by atoms with van der Waals surface area (Å²) in [5.41, 5.74) is -1.11. The van der Waals surface area contributed by atoms with E-state index in [4.69, 9.17) is 0 Å². The predicted molar refractivity (Wildman–Crippen MR) is 336 cm³/mol. The van der Waals surface area contributed by atoms with E-state index in [1.54, 1.807) is 23.1 Å². The van der Waals surface area contributed by atoms with E-state index in [1.807, 2.05) is 47.2 Å². The van der Waals surface area contributed by atoms with Gasteiger partial charge in [-0.1, -0.05) is 55.7 Å². The van der Waals surface area contributed by atoms with Gasteiger partial charge in [0.1, 0.15) is 10.9 Å². The van der Waals surface area contributed by atoms with Crippen LogP contribution in [0.5, 0.6) is 0 Å². The molecule has 90 heavy (non-hydrogen) atoms. The van der Waals surface area contributed by atoms with E-state index in [0.29, 0.717) is 82.2 Å². The molecule has 0 spiro atoms. The van der Waals surface area contributed by atoms with Crippen LogP contribution in [0.1, 0.15) is 117 Å². The van der Waals surface area contributed by atoms with Crippen molar-refractivity contribution in [1.82, 2.24) is 29.6 Å². The number of anilines is 3. The lowest BCUT2D eigenvalue weighted by atomic mass is 9.32. The second kappa shape index (κ2) is 26.5. The minimum absolute atomic E-state index is 0.0394. The molecular weight excluding hydrogens is 1230 g/mol. The van der Waals surface area contributed by atoms with Crippen LogP contribution in [-0.2, 0) is 36.0 Å². The Morgan fingerprint density at radius 3 is 2.14 bits per heavy atom. The second-order valence-electron chi connectivity index (χ2n) is 26.4. The first-order chi connectivity index (χ1) is 42.8. The van der Waals surface area contributed by atoms with Crippen LogP contribution >= 0.6 is 11.8 Å². The molecule has 486 valence electrons. The number of alkyl halides is 5. The molecule has 17 nitrogen and oxygen atoms in total. The summed E-state index contributed by atoms with van der Waals surface area (Å²) >= 11 is 1.44. The number of sulfonamides is 1. The molecule has 4 N–H and O–H groups in total. The summed E-state index contributed by atoms with van der Waals surface area (Å²) in [7, 11) is -11.1. The highest BCUT2D eigenvalue weighted by molar-refractivity contribution is 7.99. The van der Waals surface area contributed by atoms with Crippen LogP contribution < -0.4 is 25.6 Å². The average Bonchev–Trinajstić information content (AvgIpc) is 0.801. The summed E-state index contributed by atoms with van der Waals surface area (Å²) in [6.07, 6.45) is 6.17. The Morgan fingerprint density at radius 1 is 0.778 bits per heavy atom. The molecule has 2 bridgehead atoms. The van der Waals surface area contributed by atoms with Gasteiger partial charge in [-0.15, -0.1) is 11.8 Å².